The molecule has 1 atom stereocenters. The van der Waals surface area contributed by atoms with E-state index in [9.17, 15) is 15.2 Å². The van der Waals surface area contributed by atoms with E-state index in [2.05, 4.69) is 18.6 Å². The third-order valence-electron chi connectivity index (χ3n) is 5.13. The Balaban J connectivity index is 1.91. The lowest BCUT2D eigenvalue weighted by Gasteiger charge is -2.24. The lowest BCUT2D eigenvalue weighted by atomic mass is 9.81. The van der Waals surface area contributed by atoms with Gasteiger partial charge in [-0.25, -0.2) is 4.79 Å². The van der Waals surface area contributed by atoms with Crippen molar-refractivity contribution >= 4 is 36.5 Å². The molecule has 0 aromatic heterocycles. The van der Waals surface area contributed by atoms with Gasteiger partial charge in [0, 0.05) is 17.5 Å². The number of carbonyl (C=O) groups is 1. The highest BCUT2D eigenvalue weighted by molar-refractivity contribution is 5.95. The van der Waals surface area contributed by atoms with E-state index < -0.39 is 5.97 Å². The van der Waals surface area contributed by atoms with E-state index in [1.54, 1.807) is 24.3 Å². The summed E-state index contributed by atoms with van der Waals surface area (Å²) in [5.74, 6) is -0.710. The second kappa shape index (κ2) is 8.68. The molecular weight excluding hydrogens is 370 g/mol. The molecule has 0 amide bonds. The Kier molecular flexibility index (Phi) is 6.07. The molecule has 0 bridgehead atoms. The van der Waals surface area contributed by atoms with Gasteiger partial charge in [-0.05, 0) is 43.9 Å². The number of hydrogen-bond donors (Lipinski definition) is 0. The van der Waals surface area contributed by atoms with E-state index in [0.29, 0.717) is 32.7 Å². The molecule has 1 aliphatic rings. The molecule has 29 heavy (non-hydrogen) atoms. The fraction of sp³-hybridized carbons (Fsp3) is 0.273. The topological polar surface area (TPSA) is 90.8 Å². The van der Waals surface area contributed by atoms with Gasteiger partial charge in [0.1, 0.15) is 13.4 Å². The quantitative estimate of drug-likeness (QED) is 0.245. The van der Waals surface area contributed by atoms with Crippen LogP contribution in [0.3, 0.4) is 0 Å². The van der Waals surface area contributed by atoms with Crippen LogP contribution in [0.5, 0.6) is 0 Å². The van der Waals surface area contributed by atoms with Gasteiger partial charge in [-0.3, -0.25) is 0 Å². The van der Waals surface area contributed by atoms with Crippen molar-refractivity contribution in [2.24, 2.45) is 5.16 Å². The van der Waals surface area contributed by atoms with E-state index in [-0.39, 0.29) is 17.3 Å². The minimum atomic E-state index is -0.517. The average molecular weight is 393 g/mol. The number of rotatable bonds is 5. The molecular formula is C22H23N3O4. The molecule has 3 rings (SSSR count). The van der Waals surface area contributed by atoms with Crippen molar-refractivity contribution in [2.45, 2.75) is 38.5 Å². The molecule has 1 saturated carbocycles. The highest BCUT2D eigenvalue weighted by atomic mass is 16.7. The molecule has 0 N–H and O–H groups in total. The van der Waals surface area contributed by atoms with Crippen molar-refractivity contribution in [1.82, 2.24) is 0 Å². The summed E-state index contributed by atoms with van der Waals surface area (Å²) in [7, 11) is 0. The molecule has 0 aliphatic heterocycles. The zero-order valence-electron chi connectivity index (χ0n) is 16.3. The van der Waals surface area contributed by atoms with Gasteiger partial charge in [0.25, 0.3) is 0 Å². The third kappa shape index (κ3) is 4.51. The van der Waals surface area contributed by atoms with Gasteiger partial charge < -0.3 is 15.3 Å². The smallest absolute Gasteiger partial charge is 0.365 e. The van der Waals surface area contributed by atoms with Gasteiger partial charge in [0.2, 0.25) is 11.4 Å². The van der Waals surface area contributed by atoms with Crippen molar-refractivity contribution in [3.8, 4) is 0 Å². The predicted molar refractivity (Wildman–Crippen MR) is 112 cm³/mol. The largest absolute Gasteiger partial charge is 0.619 e. The second-order valence-electron chi connectivity index (χ2n) is 7.07. The molecule has 150 valence electrons. The molecule has 1 aliphatic carbocycles. The molecule has 0 saturated heterocycles. The number of nitrogens with zero attached hydrogens (tertiary/aromatic N) is 3. The summed E-state index contributed by atoms with van der Waals surface area (Å²) in [5.41, 5.74) is 3.20. The fourth-order valence-corrected chi connectivity index (χ4v) is 3.59. The highest BCUT2D eigenvalue weighted by Crippen LogP contribution is 2.37. The lowest BCUT2D eigenvalue weighted by Crippen LogP contribution is -2.20. The first-order chi connectivity index (χ1) is 13.9. The summed E-state index contributed by atoms with van der Waals surface area (Å²) >= 11 is 0. The number of carbonyl (C=O) groups excluding carboxylic acids is 1. The van der Waals surface area contributed by atoms with E-state index in [1.165, 1.54) is 6.07 Å². The normalized spacial score (nSPS) is 17.7. The Morgan fingerprint density at radius 1 is 1.14 bits per heavy atom. The zero-order valence-corrected chi connectivity index (χ0v) is 16.3. The number of hydrogen-bond acceptors (Lipinski definition) is 5. The molecule has 7 nitrogen and oxygen atoms in total. The molecule has 0 spiro atoms. The number of aryl methyl sites for hydroxylation is 1. The minimum Gasteiger partial charge on any atom is -0.619 e. The number of benzene rings is 2. The summed E-state index contributed by atoms with van der Waals surface area (Å²) in [6.45, 7) is 8.56. The summed E-state index contributed by atoms with van der Waals surface area (Å²) in [4.78, 5) is 17.6. The van der Waals surface area contributed by atoms with Crippen molar-refractivity contribution in [1.29, 1.82) is 0 Å². The van der Waals surface area contributed by atoms with Gasteiger partial charge in [0.15, 0.2) is 0 Å². The SMILES string of the molecule is C=[N+]([O-])c1ccc(C2CCCC/C2=N/OC(=O)c2ccccc2C)c([N+](=C)[O-])c1. The van der Waals surface area contributed by atoms with E-state index in [0.717, 1.165) is 24.8 Å². The Hall–Kier alpha value is -3.48. The average Bonchev–Trinajstić information content (AvgIpc) is 2.72. The Bertz CT molecular complexity index is 997. The Morgan fingerprint density at radius 3 is 2.59 bits per heavy atom. The molecule has 0 radical (unpaired) electrons. The Morgan fingerprint density at radius 2 is 1.90 bits per heavy atom. The van der Waals surface area contributed by atoms with Crippen LogP contribution in [0, 0.1) is 17.3 Å². The maximum Gasteiger partial charge on any atom is 0.365 e. The van der Waals surface area contributed by atoms with Crippen LogP contribution in [0.1, 0.15) is 53.1 Å². The van der Waals surface area contributed by atoms with Crippen LogP contribution in [0.2, 0.25) is 0 Å². The summed E-state index contributed by atoms with van der Waals surface area (Å²) in [5, 5.41) is 27.7. The molecule has 1 fully saturated rings. The molecule has 7 heteroatoms. The van der Waals surface area contributed by atoms with Gasteiger partial charge >= 0.3 is 5.97 Å². The van der Waals surface area contributed by atoms with Crippen molar-refractivity contribution in [3.05, 3.63) is 69.6 Å². The van der Waals surface area contributed by atoms with Crippen LogP contribution in [-0.2, 0) is 4.84 Å². The van der Waals surface area contributed by atoms with Crippen molar-refractivity contribution in [3.63, 3.8) is 0 Å². The van der Waals surface area contributed by atoms with Crippen LogP contribution >= 0.6 is 0 Å². The van der Waals surface area contributed by atoms with Gasteiger partial charge in [0.05, 0.1) is 17.3 Å². The van der Waals surface area contributed by atoms with Crippen LogP contribution in [0.25, 0.3) is 0 Å². The molecule has 2 aromatic rings. The van der Waals surface area contributed by atoms with Crippen LogP contribution in [0.4, 0.5) is 11.4 Å². The van der Waals surface area contributed by atoms with Crippen molar-refractivity contribution < 1.29 is 19.1 Å². The highest BCUT2D eigenvalue weighted by Gasteiger charge is 2.29. The van der Waals surface area contributed by atoms with E-state index >= 15 is 0 Å². The standard InChI is InChI=1S/C22H23N3O4/c1-15-8-4-5-9-17(15)22(26)29-23-20-11-7-6-10-18(20)19-13-12-16(24(2)27)14-21(19)25(3)28/h4-5,8-9,12-14,18H,2-3,6-7,10-11H2,1H3/b23-20-. The number of oxime groups is 1. The Labute approximate surface area is 169 Å². The first-order valence-corrected chi connectivity index (χ1v) is 9.41. The second-order valence-corrected chi connectivity index (χ2v) is 7.07. The first-order valence-electron chi connectivity index (χ1n) is 9.41. The molecule has 0 heterocycles. The zero-order chi connectivity index (χ0) is 21.0. The summed E-state index contributed by atoms with van der Waals surface area (Å²) in [6, 6.07) is 11.9. The van der Waals surface area contributed by atoms with E-state index in [4.69, 9.17) is 4.84 Å². The van der Waals surface area contributed by atoms with Crippen LogP contribution < -0.4 is 0 Å². The minimum absolute atomic E-state index is 0.194. The maximum absolute atomic E-state index is 12.4. The first kappa shape index (κ1) is 20.3. The predicted octanol–water partition coefficient (Wildman–Crippen LogP) is 4.55. The summed E-state index contributed by atoms with van der Waals surface area (Å²) < 4.78 is 0.921. The molecule has 2 aromatic carbocycles. The fourth-order valence-electron chi connectivity index (χ4n) is 3.59. The van der Waals surface area contributed by atoms with Gasteiger partial charge in [-0.15, -0.1) is 0 Å². The lowest BCUT2D eigenvalue weighted by molar-refractivity contribution is -0.360. The third-order valence-corrected chi connectivity index (χ3v) is 5.13. The van der Waals surface area contributed by atoms with Gasteiger partial charge in [-0.2, -0.15) is 9.48 Å². The molecule has 1 unspecified atom stereocenters. The van der Waals surface area contributed by atoms with Crippen LogP contribution in [-0.4, -0.2) is 34.6 Å². The maximum atomic E-state index is 12.4. The van der Waals surface area contributed by atoms with Gasteiger partial charge in [-0.1, -0.05) is 29.8 Å². The monoisotopic (exact) mass is 393 g/mol. The summed E-state index contributed by atoms with van der Waals surface area (Å²) in [6.07, 6.45) is 3.29. The van der Waals surface area contributed by atoms with Crippen molar-refractivity contribution in [2.75, 3.05) is 0 Å². The van der Waals surface area contributed by atoms with E-state index in [1.807, 2.05) is 19.1 Å². The van der Waals surface area contributed by atoms with Crippen LogP contribution in [0.15, 0.2) is 47.6 Å².